The van der Waals surface area contributed by atoms with Gasteiger partial charge in [-0.25, -0.2) is 4.98 Å². The molecule has 1 atom stereocenters. The molecular formula is C10H16N2OS. The maximum absolute atomic E-state index is 5.77. The summed E-state index contributed by atoms with van der Waals surface area (Å²) < 4.78 is 5.56. The lowest BCUT2D eigenvalue weighted by Crippen LogP contribution is -2.36. The standard InChI is InChI=1S/C10H16N2OS/c1-7(11)8-6-14-9(12-8)10(13-2)4-3-5-10/h6-7H,3-5,11H2,1-2H3. The summed E-state index contributed by atoms with van der Waals surface area (Å²) in [6.45, 7) is 1.96. The van der Waals surface area contributed by atoms with Crippen molar-refractivity contribution in [3.63, 3.8) is 0 Å². The largest absolute Gasteiger partial charge is 0.371 e. The van der Waals surface area contributed by atoms with E-state index in [-0.39, 0.29) is 11.6 Å². The van der Waals surface area contributed by atoms with E-state index >= 15 is 0 Å². The summed E-state index contributed by atoms with van der Waals surface area (Å²) in [7, 11) is 1.77. The maximum Gasteiger partial charge on any atom is 0.125 e. The normalized spacial score (nSPS) is 21.6. The number of aromatic nitrogens is 1. The smallest absolute Gasteiger partial charge is 0.125 e. The third-order valence-corrected chi connectivity index (χ3v) is 3.98. The van der Waals surface area contributed by atoms with Gasteiger partial charge < -0.3 is 10.5 Å². The van der Waals surface area contributed by atoms with Crippen LogP contribution in [0.4, 0.5) is 0 Å². The van der Waals surface area contributed by atoms with Crippen molar-refractivity contribution < 1.29 is 4.74 Å². The Hall–Kier alpha value is -0.450. The van der Waals surface area contributed by atoms with E-state index < -0.39 is 0 Å². The Balaban J connectivity index is 2.23. The zero-order chi connectivity index (χ0) is 10.2. The van der Waals surface area contributed by atoms with Crippen LogP contribution in [0.1, 0.15) is 42.9 Å². The van der Waals surface area contributed by atoms with Crippen molar-refractivity contribution in [3.8, 4) is 0 Å². The molecule has 2 N–H and O–H groups in total. The molecule has 1 saturated carbocycles. The summed E-state index contributed by atoms with van der Waals surface area (Å²) in [4.78, 5) is 4.54. The zero-order valence-electron chi connectivity index (χ0n) is 8.62. The molecule has 0 aromatic carbocycles. The summed E-state index contributed by atoms with van der Waals surface area (Å²) >= 11 is 1.67. The fraction of sp³-hybridized carbons (Fsp3) is 0.700. The molecule has 0 aliphatic heterocycles. The van der Waals surface area contributed by atoms with Crippen molar-refractivity contribution in [1.29, 1.82) is 0 Å². The van der Waals surface area contributed by atoms with Gasteiger partial charge in [0.1, 0.15) is 10.6 Å². The number of thiazole rings is 1. The minimum absolute atomic E-state index is 0.0222. The van der Waals surface area contributed by atoms with Crippen LogP contribution in [-0.4, -0.2) is 12.1 Å². The second-order valence-electron chi connectivity index (χ2n) is 3.92. The lowest BCUT2D eigenvalue weighted by Gasteiger charge is -2.38. The molecule has 1 heterocycles. The van der Waals surface area contributed by atoms with E-state index in [0.717, 1.165) is 23.5 Å². The molecular weight excluding hydrogens is 196 g/mol. The number of nitrogens with two attached hydrogens (primary N) is 1. The summed E-state index contributed by atoms with van der Waals surface area (Å²) in [5.41, 5.74) is 6.67. The summed E-state index contributed by atoms with van der Waals surface area (Å²) in [5.74, 6) is 0. The van der Waals surface area contributed by atoms with Gasteiger partial charge in [-0.05, 0) is 26.2 Å². The van der Waals surface area contributed by atoms with E-state index in [0.29, 0.717) is 0 Å². The molecule has 0 radical (unpaired) electrons. The van der Waals surface area contributed by atoms with Crippen LogP contribution in [0.5, 0.6) is 0 Å². The van der Waals surface area contributed by atoms with Gasteiger partial charge in [0.2, 0.25) is 0 Å². The number of ether oxygens (including phenoxy) is 1. The molecule has 0 saturated heterocycles. The third kappa shape index (κ3) is 1.47. The van der Waals surface area contributed by atoms with Crippen LogP contribution in [-0.2, 0) is 10.3 Å². The Kier molecular flexibility index (Phi) is 2.60. The predicted octanol–water partition coefficient (Wildman–Crippen LogP) is 2.19. The van der Waals surface area contributed by atoms with Crippen molar-refractivity contribution in [2.45, 2.75) is 37.8 Å². The molecule has 1 aromatic heterocycles. The van der Waals surface area contributed by atoms with Gasteiger partial charge in [-0.1, -0.05) is 0 Å². The van der Waals surface area contributed by atoms with Gasteiger partial charge in [-0.15, -0.1) is 11.3 Å². The highest BCUT2D eigenvalue weighted by molar-refractivity contribution is 7.09. The molecule has 0 spiro atoms. The molecule has 1 fully saturated rings. The van der Waals surface area contributed by atoms with Gasteiger partial charge in [0, 0.05) is 18.5 Å². The van der Waals surface area contributed by atoms with Gasteiger partial charge in [0.05, 0.1) is 5.69 Å². The average molecular weight is 212 g/mol. The minimum Gasteiger partial charge on any atom is -0.371 e. The average Bonchev–Trinajstić information content (AvgIpc) is 2.52. The fourth-order valence-electron chi connectivity index (χ4n) is 1.71. The number of hydrogen-bond donors (Lipinski definition) is 1. The van der Waals surface area contributed by atoms with Crippen LogP contribution in [0.15, 0.2) is 5.38 Å². The van der Waals surface area contributed by atoms with E-state index in [1.54, 1.807) is 18.4 Å². The number of rotatable bonds is 3. The van der Waals surface area contributed by atoms with Crippen molar-refractivity contribution >= 4 is 11.3 Å². The predicted molar refractivity (Wildman–Crippen MR) is 57.3 cm³/mol. The van der Waals surface area contributed by atoms with Crippen molar-refractivity contribution in [3.05, 3.63) is 16.1 Å². The van der Waals surface area contributed by atoms with Crippen LogP contribution in [0.2, 0.25) is 0 Å². The molecule has 0 amide bonds. The second-order valence-corrected chi connectivity index (χ2v) is 4.78. The van der Waals surface area contributed by atoms with Gasteiger partial charge in [-0.3, -0.25) is 0 Å². The van der Waals surface area contributed by atoms with Gasteiger partial charge in [-0.2, -0.15) is 0 Å². The second kappa shape index (κ2) is 3.61. The first-order chi connectivity index (χ1) is 6.68. The SMILES string of the molecule is COC1(c2nc(C(C)N)cs2)CCC1. The van der Waals surface area contributed by atoms with E-state index in [9.17, 15) is 0 Å². The van der Waals surface area contributed by atoms with Crippen LogP contribution in [0, 0.1) is 0 Å². The maximum atomic E-state index is 5.77. The molecule has 1 unspecified atom stereocenters. The Morgan fingerprint density at radius 3 is 2.71 bits per heavy atom. The molecule has 0 bridgehead atoms. The molecule has 3 nitrogen and oxygen atoms in total. The van der Waals surface area contributed by atoms with Crippen LogP contribution < -0.4 is 5.73 Å². The highest BCUT2D eigenvalue weighted by atomic mass is 32.1. The topological polar surface area (TPSA) is 48.1 Å². The molecule has 14 heavy (non-hydrogen) atoms. The van der Waals surface area contributed by atoms with Crippen LogP contribution >= 0.6 is 11.3 Å². The van der Waals surface area contributed by atoms with Crippen molar-refractivity contribution in [2.75, 3.05) is 7.11 Å². The Labute approximate surface area is 88.3 Å². The highest BCUT2D eigenvalue weighted by Crippen LogP contribution is 2.45. The molecule has 1 aromatic rings. The van der Waals surface area contributed by atoms with Crippen molar-refractivity contribution in [2.24, 2.45) is 5.73 Å². The van der Waals surface area contributed by atoms with Crippen molar-refractivity contribution in [1.82, 2.24) is 4.98 Å². The Morgan fingerprint density at radius 1 is 1.64 bits per heavy atom. The lowest BCUT2D eigenvalue weighted by atomic mass is 9.80. The molecule has 1 aliphatic carbocycles. The van der Waals surface area contributed by atoms with Gasteiger partial charge in [0.25, 0.3) is 0 Å². The van der Waals surface area contributed by atoms with E-state index in [2.05, 4.69) is 4.98 Å². The van der Waals surface area contributed by atoms with E-state index in [1.165, 1.54) is 6.42 Å². The van der Waals surface area contributed by atoms with E-state index in [4.69, 9.17) is 10.5 Å². The number of nitrogens with zero attached hydrogens (tertiary/aromatic N) is 1. The first-order valence-electron chi connectivity index (χ1n) is 4.94. The molecule has 78 valence electrons. The van der Waals surface area contributed by atoms with Gasteiger partial charge >= 0.3 is 0 Å². The lowest BCUT2D eigenvalue weighted by molar-refractivity contribution is -0.0780. The number of methoxy groups -OCH3 is 1. The van der Waals surface area contributed by atoms with Gasteiger partial charge in [0.15, 0.2) is 0 Å². The Morgan fingerprint density at radius 2 is 2.36 bits per heavy atom. The highest BCUT2D eigenvalue weighted by Gasteiger charge is 2.41. The van der Waals surface area contributed by atoms with Crippen LogP contribution in [0.25, 0.3) is 0 Å². The summed E-state index contributed by atoms with van der Waals surface area (Å²) in [6, 6.07) is 0.0222. The minimum atomic E-state index is -0.0855. The number of hydrogen-bond acceptors (Lipinski definition) is 4. The zero-order valence-corrected chi connectivity index (χ0v) is 9.43. The Bertz CT molecular complexity index is 312. The monoisotopic (exact) mass is 212 g/mol. The molecule has 2 rings (SSSR count). The fourth-order valence-corrected chi connectivity index (χ4v) is 2.87. The first kappa shape index (κ1) is 10.1. The summed E-state index contributed by atoms with van der Waals surface area (Å²) in [5, 5.41) is 3.14. The quantitative estimate of drug-likeness (QED) is 0.835. The molecule has 1 aliphatic rings. The van der Waals surface area contributed by atoms with Crippen LogP contribution in [0.3, 0.4) is 0 Å². The first-order valence-corrected chi connectivity index (χ1v) is 5.82. The molecule has 4 heteroatoms. The third-order valence-electron chi connectivity index (χ3n) is 2.93. The summed E-state index contributed by atoms with van der Waals surface area (Å²) in [6.07, 6.45) is 3.42. The van der Waals surface area contributed by atoms with E-state index in [1.807, 2.05) is 12.3 Å².